The Morgan fingerprint density at radius 2 is 1.67 bits per heavy atom. The van der Waals surface area contributed by atoms with Crippen LogP contribution in [0.4, 0.5) is 4.39 Å². The number of rotatable bonds is 6. The molecule has 6 heteroatoms. The van der Waals surface area contributed by atoms with E-state index in [4.69, 9.17) is 0 Å². The van der Waals surface area contributed by atoms with E-state index >= 15 is 0 Å². The van der Waals surface area contributed by atoms with E-state index in [0.29, 0.717) is 18.6 Å². The van der Waals surface area contributed by atoms with Crippen molar-refractivity contribution < 1.29 is 9.18 Å². The molecule has 1 amide bonds. The van der Waals surface area contributed by atoms with Crippen molar-refractivity contribution in [2.45, 2.75) is 97.3 Å². The van der Waals surface area contributed by atoms with Crippen LogP contribution in [0.2, 0.25) is 0 Å². The van der Waals surface area contributed by atoms with Gasteiger partial charge in [-0.3, -0.25) is 9.69 Å². The number of nitrogens with zero attached hydrogens (tertiary/aromatic N) is 3. The number of halogens is 1. The largest absolute Gasteiger partial charge is 0.351 e. The molecule has 0 bridgehead atoms. The first-order chi connectivity index (χ1) is 17.4. The van der Waals surface area contributed by atoms with Gasteiger partial charge in [0.1, 0.15) is 5.82 Å². The Labute approximate surface area is 215 Å². The molecule has 0 radical (unpaired) electrons. The fourth-order valence-electron chi connectivity index (χ4n) is 6.89. The van der Waals surface area contributed by atoms with Crippen LogP contribution in [-0.4, -0.2) is 52.5 Å². The molecule has 1 aromatic heterocycles. The third kappa shape index (κ3) is 5.40. The second kappa shape index (κ2) is 11.1. The van der Waals surface area contributed by atoms with E-state index in [0.717, 1.165) is 56.5 Å². The second-order valence-corrected chi connectivity index (χ2v) is 11.5. The molecule has 2 aromatic rings. The summed E-state index contributed by atoms with van der Waals surface area (Å²) in [5.74, 6) is -0.204. The molecular weight excluding hydrogens is 451 g/mol. The van der Waals surface area contributed by atoms with Crippen molar-refractivity contribution in [3.63, 3.8) is 0 Å². The van der Waals surface area contributed by atoms with Gasteiger partial charge in [0.05, 0.1) is 6.54 Å². The number of hydrogen-bond donors (Lipinski definition) is 1. The van der Waals surface area contributed by atoms with Crippen LogP contribution >= 0.6 is 0 Å². The highest BCUT2D eigenvalue weighted by Gasteiger charge is 2.31. The van der Waals surface area contributed by atoms with Crippen molar-refractivity contribution in [3.05, 3.63) is 46.4 Å². The third-order valence-electron chi connectivity index (χ3n) is 8.91. The fourth-order valence-corrected chi connectivity index (χ4v) is 6.89. The number of allylic oxidation sites excluding steroid dienone is 2. The van der Waals surface area contributed by atoms with Crippen molar-refractivity contribution in [3.8, 4) is 0 Å². The number of aromatic nitrogens is 1. The molecule has 1 aliphatic carbocycles. The lowest BCUT2D eigenvalue weighted by Gasteiger charge is -2.41. The van der Waals surface area contributed by atoms with Crippen LogP contribution in [0.25, 0.3) is 10.9 Å². The molecule has 5 rings (SSSR count). The lowest BCUT2D eigenvalue weighted by Crippen LogP contribution is -2.43. The van der Waals surface area contributed by atoms with Gasteiger partial charge in [-0.15, -0.1) is 0 Å². The Morgan fingerprint density at radius 3 is 2.31 bits per heavy atom. The van der Waals surface area contributed by atoms with Gasteiger partial charge in [-0.25, -0.2) is 4.39 Å². The first-order valence-corrected chi connectivity index (χ1v) is 14.1. The van der Waals surface area contributed by atoms with E-state index in [2.05, 4.69) is 33.5 Å². The average molecular weight is 495 g/mol. The van der Waals surface area contributed by atoms with E-state index in [1.165, 1.54) is 55.4 Å². The number of benzene rings is 1. The molecule has 196 valence electrons. The zero-order valence-electron chi connectivity index (χ0n) is 22.4. The van der Waals surface area contributed by atoms with Gasteiger partial charge in [-0.05, 0) is 102 Å². The van der Waals surface area contributed by atoms with Gasteiger partial charge in [0.25, 0.3) is 0 Å². The van der Waals surface area contributed by atoms with Gasteiger partial charge in [-0.1, -0.05) is 11.1 Å². The molecule has 1 saturated carbocycles. The monoisotopic (exact) mass is 494 g/mol. The van der Waals surface area contributed by atoms with Crippen LogP contribution in [0.5, 0.6) is 0 Å². The molecule has 1 N–H and O–H groups in total. The normalized spacial score (nSPS) is 22.4. The minimum absolute atomic E-state index is 0.0204. The molecule has 0 atom stereocenters. The summed E-state index contributed by atoms with van der Waals surface area (Å²) in [4.78, 5) is 17.1. The first kappa shape index (κ1) is 25.5. The molecule has 3 heterocycles. The zero-order chi connectivity index (χ0) is 25.2. The predicted octanol–water partition coefficient (Wildman–Crippen LogP) is 5.93. The van der Waals surface area contributed by atoms with Gasteiger partial charge in [0.2, 0.25) is 5.91 Å². The number of fused-ring (bicyclic) bond motifs is 1. The molecule has 2 aliphatic heterocycles. The van der Waals surface area contributed by atoms with E-state index in [9.17, 15) is 9.18 Å². The SMILES string of the molecule is CC(=O)NCc1c(CN2CCCC2)c2cc(F)ccc2n1C1CCN(C2CCC(=C(C)C)CC2)CC1. The summed E-state index contributed by atoms with van der Waals surface area (Å²) < 4.78 is 16.9. The van der Waals surface area contributed by atoms with E-state index in [-0.39, 0.29) is 11.7 Å². The summed E-state index contributed by atoms with van der Waals surface area (Å²) in [6.45, 7) is 11.8. The average Bonchev–Trinajstić information content (AvgIpc) is 3.49. The highest BCUT2D eigenvalue weighted by Crippen LogP contribution is 2.37. The lowest BCUT2D eigenvalue weighted by molar-refractivity contribution is -0.119. The molecule has 5 nitrogen and oxygen atoms in total. The lowest BCUT2D eigenvalue weighted by atomic mass is 9.86. The number of nitrogens with one attached hydrogen (secondary N) is 1. The van der Waals surface area contributed by atoms with Gasteiger partial charge >= 0.3 is 0 Å². The van der Waals surface area contributed by atoms with Crippen molar-refractivity contribution in [2.75, 3.05) is 26.2 Å². The highest BCUT2D eigenvalue weighted by atomic mass is 19.1. The molecule has 2 saturated heterocycles. The van der Waals surface area contributed by atoms with Gasteiger partial charge < -0.3 is 14.8 Å². The second-order valence-electron chi connectivity index (χ2n) is 11.5. The number of hydrogen-bond acceptors (Lipinski definition) is 3. The Bertz CT molecular complexity index is 1110. The number of likely N-dealkylation sites (tertiary alicyclic amines) is 2. The molecule has 3 aliphatic rings. The maximum absolute atomic E-state index is 14.5. The number of piperidine rings is 1. The van der Waals surface area contributed by atoms with Gasteiger partial charge in [0.15, 0.2) is 0 Å². The maximum Gasteiger partial charge on any atom is 0.217 e. The first-order valence-electron chi connectivity index (χ1n) is 14.1. The maximum atomic E-state index is 14.5. The van der Waals surface area contributed by atoms with Gasteiger partial charge in [0, 0.05) is 55.2 Å². The number of carbonyl (C=O) groups excluding carboxylic acids is 1. The minimum atomic E-state index is -0.184. The summed E-state index contributed by atoms with van der Waals surface area (Å²) >= 11 is 0. The van der Waals surface area contributed by atoms with Gasteiger partial charge in [-0.2, -0.15) is 0 Å². The molecule has 36 heavy (non-hydrogen) atoms. The Hall–Kier alpha value is -2.18. The van der Waals surface area contributed by atoms with Crippen molar-refractivity contribution in [2.24, 2.45) is 0 Å². The Morgan fingerprint density at radius 1 is 0.972 bits per heavy atom. The molecular formula is C30H43FN4O. The summed E-state index contributed by atoms with van der Waals surface area (Å²) in [5, 5.41) is 4.09. The summed E-state index contributed by atoms with van der Waals surface area (Å²) in [7, 11) is 0. The van der Waals surface area contributed by atoms with E-state index in [1.54, 1.807) is 24.6 Å². The fraction of sp³-hybridized carbons (Fsp3) is 0.633. The van der Waals surface area contributed by atoms with E-state index < -0.39 is 0 Å². The number of amides is 1. The topological polar surface area (TPSA) is 40.5 Å². The van der Waals surface area contributed by atoms with Crippen LogP contribution in [0, 0.1) is 5.82 Å². The van der Waals surface area contributed by atoms with Crippen LogP contribution in [-0.2, 0) is 17.9 Å². The van der Waals surface area contributed by atoms with Crippen molar-refractivity contribution in [1.82, 2.24) is 19.7 Å². The van der Waals surface area contributed by atoms with Crippen LogP contribution in [0.15, 0.2) is 29.3 Å². The van der Waals surface area contributed by atoms with Crippen LogP contribution in [0.1, 0.15) is 89.4 Å². The van der Waals surface area contributed by atoms with E-state index in [1.807, 2.05) is 6.07 Å². The number of carbonyl (C=O) groups is 1. The Kier molecular flexibility index (Phi) is 7.82. The van der Waals surface area contributed by atoms with Crippen LogP contribution in [0.3, 0.4) is 0 Å². The molecule has 0 unspecified atom stereocenters. The van der Waals surface area contributed by atoms with Crippen LogP contribution < -0.4 is 5.32 Å². The third-order valence-corrected chi connectivity index (χ3v) is 8.91. The zero-order valence-corrected chi connectivity index (χ0v) is 22.4. The minimum Gasteiger partial charge on any atom is -0.351 e. The molecule has 3 fully saturated rings. The van der Waals surface area contributed by atoms with Crippen molar-refractivity contribution in [1.29, 1.82) is 0 Å². The quantitative estimate of drug-likeness (QED) is 0.506. The summed E-state index contributed by atoms with van der Waals surface area (Å²) in [6.07, 6.45) is 9.72. The molecule has 0 spiro atoms. The standard InChI is InChI=1S/C30H43FN4O/c1-21(2)23-6-9-25(10-7-23)34-16-12-26(13-17-34)35-29-11-8-24(31)18-27(29)28(20-33-14-4-5-15-33)30(35)19-32-22(3)36/h8,11,18,25-26H,4-7,9-10,12-17,19-20H2,1-3H3,(H,32,36). The summed E-state index contributed by atoms with van der Waals surface area (Å²) in [5.41, 5.74) is 6.67. The summed E-state index contributed by atoms with van der Waals surface area (Å²) in [6, 6.07) is 6.35. The van der Waals surface area contributed by atoms with Crippen molar-refractivity contribution >= 4 is 16.8 Å². The highest BCUT2D eigenvalue weighted by molar-refractivity contribution is 5.86. The predicted molar refractivity (Wildman–Crippen MR) is 144 cm³/mol. The Balaban J connectivity index is 1.40. The molecule has 1 aromatic carbocycles. The smallest absolute Gasteiger partial charge is 0.217 e.